The quantitative estimate of drug-likeness (QED) is 0.775. The second kappa shape index (κ2) is 6.00. The molecule has 0 aromatic heterocycles. The minimum absolute atomic E-state index is 0.654. The maximum atomic E-state index is 11.9. The molecule has 1 aromatic rings. The summed E-state index contributed by atoms with van der Waals surface area (Å²) in [6.45, 7) is 0. The fourth-order valence-electron chi connectivity index (χ4n) is 2.14. The van der Waals surface area contributed by atoms with Crippen LogP contribution < -0.4 is 0 Å². The Morgan fingerprint density at radius 2 is 1.75 bits per heavy atom. The van der Waals surface area contributed by atoms with Gasteiger partial charge in [-0.05, 0) is 30.9 Å². The van der Waals surface area contributed by atoms with E-state index in [2.05, 4.69) is 6.08 Å². The van der Waals surface area contributed by atoms with E-state index in [4.69, 9.17) is 0 Å². The van der Waals surface area contributed by atoms with E-state index in [1.165, 1.54) is 32.1 Å². The van der Waals surface area contributed by atoms with E-state index in [-0.39, 0.29) is 0 Å². The first-order valence-electron chi connectivity index (χ1n) is 6.00. The van der Waals surface area contributed by atoms with Crippen LogP contribution in [-0.2, 0) is 10.8 Å². The molecule has 1 aliphatic carbocycles. The molecule has 86 valence electrons. The summed E-state index contributed by atoms with van der Waals surface area (Å²) in [5.74, 6) is 0.654. The van der Waals surface area contributed by atoms with Crippen molar-refractivity contribution in [2.24, 2.45) is 5.92 Å². The van der Waals surface area contributed by atoms with Gasteiger partial charge < -0.3 is 0 Å². The van der Waals surface area contributed by atoms with Crippen molar-refractivity contribution in [2.45, 2.75) is 37.0 Å². The van der Waals surface area contributed by atoms with E-state index >= 15 is 0 Å². The maximum absolute atomic E-state index is 11.9. The summed E-state index contributed by atoms with van der Waals surface area (Å²) >= 11 is 0. The molecule has 0 radical (unpaired) electrons. The number of benzene rings is 1. The molecule has 1 aromatic carbocycles. The van der Waals surface area contributed by atoms with Crippen LogP contribution in [0.5, 0.6) is 0 Å². The third-order valence-electron chi connectivity index (χ3n) is 3.10. The zero-order valence-electron chi connectivity index (χ0n) is 9.47. The van der Waals surface area contributed by atoms with Gasteiger partial charge in [-0.25, -0.2) is 4.21 Å². The summed E-state index contributed by atoms with van der Waals surface area (Å²) in [5.41, 5.74) is 0. The first-order valence-corrected chi connectivity index (χ1v) is 7.21. The molecule has 1 unspecified atom stereocenters. The smallest absolute Gasteiger partial charge is 0.0772 e. The van der Waals surface area contributed by atoms with Gasteiger partial charge in [-0.3, -0.25) is 0 Å². The number of allylic oxidation sites excluding steroid dienone is 1. The van der Waals surface area contributed by atoms with Gasteiger partial charge in [-0.2, -0.15) is 0 Å². The van der Waals surface area contributed by atoms with Crippen molar-refractivity contribution in [1.29, 1.82) is 0 Å². The highest BCUT2D eigenvalue weighted by Crippen LogP contribution is 2.24. The highest BCUT2D eigenvalue weighted by Gasteiger charge is 2.10. The van der Waals surface area contributed by atoms with Crippen LogP contribution in [-0.4, -0.2) is 4.21 Å². The molecular weight excluding hydrogens is 216 g/mol. The number of rotatable bonds is 3. The molecule has 2 heteroatoms. The summed E-state index contributed by atoms with van der Waals surface area (Å²) in [5, 5.41) is 1.87. The van der Waals surface area contributed by atoms with Crippen LogP contribution in [0, 0.1) is 5.92 Å². The molecule has 1 atom stereocenters. The lowest BCUT2D eigenvalue weighted by molar-refractivity contribution is 0.419. The molecule has 0 bridgehead atoms. The number of hydrogen-bond acceptors (Lipinski definition) is 1. The lowest BCUT2D eigenvalue weighted by atomic mass is 9.90. The van der Waals surface area contributed by atoms with E-state index < -0.39 is 10.8 Å². The Kier molecular flexibility index (Phi) is 4.34. The van der Waals surface area contributed by atoms with Crippen molar-refractivity contribution in [2.75, 3.05) is 0 Å². The topological polar surface area (TPSA) is 17.1 Å². The Morgan fingerprint density at radius 3 is 2.44 bits per heavy atom. The zero-order chi connectivity index (χ0) is 11.2. The molecule has 0 N–H and O–H groups in total. The van der Waals surface area contributed by atoms with Gasteiger partial charge in [0.05, 0.1) is 10.8 Å². The summed E-state index contributed by atoms with van der Waals surface area (Å²) in [4.78, 5) is 0.898. The predicted octanol–water partition coefficient (Wildman–Crippen LogP) is 3.89. The third-order valence-corrected chi connectivity index (χ3v) is 4.24. The fourth-order valence-corrected chi connectivity index (χ4v) is 3.09. The van der Waals surface area contributed by atoms with E-state index in [0.29, 0.717) is 5.92 Å². The molecule has 0 amide bonds. The Hall–Kier alpha value is -0.890. The SMILES string of the molecule is O=S(/C=C/C1CCCCC1)c1ccccc1. The van der Waals surface area contributed by atoms with Crippen molar-refractivity contribution < 1.29 is 4.21 Å². The molecule has 0 saturated heterocycles. The van der Waals surface area contributed by atoms with Gasteiger partial charge in [-0.15, -0.1) is 0 Å². The lowest BCUT2D eigenvalue weighted by Crippen LogP contribution is -2.02. The van der Waals surface area contributed by atoms with Crippen LogP contribution >= 0.6 is 0 Å². The highest BCUT2D eigenvalue weighted by molar-refractivity contribution is 7.88. The second-order valence-electron chi connectivity index (χ2n) is 4.34. The van der Waals surface area contributed by atoms with Crippen molar-refractivity contribution in [3.8, 4) is 0 Å². The van der Waals surface area contributed by atoms with Gasteiger partial charge in [-0.1, -0.05) is 43.5 Å². The summed E-state index contributed by atoms with van der Waals surface area (Å²) < 4.78 is 11.9. The maximum Gasteiger partial charge on any atom is 0.0772 e. The average Bonchev–Trinajstić information content (AvgIpc) is 2.38. The number of hydrogen-bond donors (Lipinski definition) is 0. The molecule has 1 fully saturated rings. The van der Waals surface area contributed by atoms with Crippen molar-refractivity contribution in [3.05, 3.63) is 41.8 Å². The van der Waals surface area contributed by atoms with Crippen LogP contribution in [0.4, 0.5) is 0 Å². The Morgan fingerprint density at radius 1 is 1.06 bits per heavy atom. The summed E-state index contributed by atoms with van der Waals surface area (Å²) in [7, 11) is -0.966. The van der Waals surface area contributed by atoms with Gasteiger partial charge in [0.25, 0.3) is 0 Å². The van der Waals surface area contributed by atoms with Gasteiger partial charge in [0.1, 0.15) is 0 Å². The van der Waals surface area contributed by atoms with Crippen LogP contribution in [0.2, 0.25) is 0 Å². The minimum atomic E-state index is -0.966. The molecular formula is C14H18OS. The minimum Gasteiger partial charge on any atom is -0.250 e. The normalized spacial score (nSPS) is 20.0. The largest absolute Gasteiger partial charge is 0.250 e. The Bertz CT molecular complexity index is 364. The molecule has 2 rings (SSSR count). The van der Waals surface area contributed by atoms with E-state index in [1.54, 1.807) is 0 Å². The highest BCUT2D eigenvalue weighted by atomic mass is 32.2. The monoisotopic (exact) mass is 234 g/mol. The molecule has 0 heterocycles. The van der Waals surface area contributed by atoms with Gasteiger partial charge >= 0.3 is 0 Å². The second-order valence-corrected chi connectivity index (χ2v) is 5.68. The van der Waals surface area contributed by atoms with Crippen LogP contribution in [0.25, 0.3) is 0 Å². The third kappa shape index (κ3) is 3.31. The molecule has 0 aliphatic heterocycles. The zero-order valence-corrected chi connectivity index (χ0v) is 10.3. The summed E-state index contributed by atoms with van der Waals surface area (Å²) in [6, 6.07) is 9.65. The van der Waals surface area contributed by atoms with Crippen LogP contribution in [0.1, 0.15) is 32.1 Å². The van der Waals surface area contributed by atoms with Gasteiger partial charge in [0, 0.05) is 10.3 Å². The fraction of sp³-hybridized carbons (Fsp3) is 0.429. The first-order chi connectivity index (χ1) is 7.86. The molecule has 1 aliphatic rings. The molecule has 16 heavy (non-hydrogen) atoms. The van der Waals surface area contributed by atoms with Crippen molar-refractivity contribution in [1.82, 2.24) is 0 Å². The summed E-state index contributed by atoms with van der Waals surface area (Å²) in [6.07, 6.45) is 8.71. The van der Waals surface area contributed by atoms with E-state index in [0.717, 1.165) is 4.90 Å². The average molecular weight is 234 g/mol. The van der Waals surface area contributed by atoms with E-state index in [1.807, 2.05) is 35.7 Å². The predicted molar refractivity (Wildman–Crippen MR) is 68.6 cm³/mol. The van der Waals surface area contributed by atoms with Gasteiger partial charge in [0.2, 0.25) is 0 Å². The van der Waals surface area contributed by atoms with Gasteiger partial charge in [0.15, 0.2) is 0 Å². The van der Waals surface area contributed by atoms with E-state index in [9.17, 15) is 4.21 Å². The standard InChI is InChI=1S/C14H18OS/c15-16(14-9-5-2-6-10-14)12-11-13-7-3-1-4-8-13/h2,5-6,9-13H,1,3-4,7-8H2/b12-11+. The van der Waals surface area contributed by atoms with Crippen molar-refractivity contribution in [3.63, 3.8) is 0 Å². The lowest BCUT2D eigenvalue weighted by Gasteiger charge is -2.17. The molecule has 0 spiro atoms. The Balaban J connectivity index is 1.94. The van der Waals surface area contributed by atoms with Crippen LogP contribution in [0.3, 0.4) is 0 Å². The molecule has 1 nitrogen and oxygen atoms in total. The first kappa shape index (κ1) is 11.6. The van der Waals surface area contributed by atoms with Crippen LogP contribution in [0.15, 0.2) is 46.7 Å². The Labute approximate surface area is 100 Å². The van der Waals surface area contributed by atoms with Crippen molar-refractivity contribution >= 4 is 10.8 Å². The molecule has 1 saturated carbocycles.